The first kappa shape index (κ1) is 15.5. The topological polar surface area (TPSA) is 85.1 Å². The molecule has 0 unspecified atom stereocenters. The normalized spacial score (nSPS) is 12.3. The maximum atomic E-state index is 12.6. The summed E-state index contributed by atoms with van der Waals surface area (Å²) in [6, 6.07) is 10.2. The van der Waals surface area contributed by atoms with Gasteiger partial charge in [0.1, 0.15) is 5.82 Å². The zero-order valence-electron chi connectivity index (χ0n) is 12.3. The Bertz CT molecular complexity index is 750. The molecule has 0 spiro atoms. The van der Waals surface area contributed by atoms with Gasteiger partial charge in [0.15, 0.2) is 0 Å². The van der Waals surface area contributed by atoms with Crippen LogP contribution in [0, 0.1) is 0 Å². The summed E-state index contributed by atoms with van der Waals surface area (Å²) in [6.07, 6.45) is 1.57. The molecule has 0 bridgehead atoms. The monoisotopic (exact) mass is 305 g/mol. The van der Waals surface area contributed by atoms with Crippen LogP contribution in [0.15, 0.2) is 47.5 Å². The highest BCUT2D eigenvalue weighted by Gasteiger charge is 2.25. The number of nitrogens with zero attached hydrogens (tertiary/aromatic N) is 1. The van der Waals surface area contributed by atoms with Gasteiger partial charge >= 0.3 is 0 Å². The molecule has 0 saturated heterocycles. The third-order valence-corrected chi connectivity index (χ3v) is 4.56. The lowest BCUT2D eigenvalue weighted by atomic mass is 10.1. The lowest BCUT2D eigenvalue weighted by Crippen LogP contribution is -2.40. The van der Waals surface area contributed by atoms with Crippen molar-refractivity contribution in [1.82, 2.24) is 9.71 Å². The van der Waals surface area contributed by atoms with E-state index in [9.17, 15) is 8.42 Å². The molecule has 0 aliphatic rings. The van der Waals surface area contributed by atoms with Crippen molar-refractivity contribution in [3.63, 3.8) is 0 Å². The molecule has 3 N–H and O–H groups in total. The van der Waals surface area contributed by atoms with Gasteiger partial charge in [0.25, 0.3) is 0 Å². The van der Waals surface area contributed by atoms with Gasteiger partial charge in [-0.15, -0.1) is 0 Å². The quantitative estimate of drug-likeness (QED) is 0.912. The largest absolute Gasteiger partial charge is 0.383 e. The van der Waals surface area contributed by atoms with Gasteiger partial charge in [0.2, 0.25) is 10.0 Å². The van der Waals surface area contributed by atoms with Crippen LogP contribution >= 0.6 is 0 Å². The highest BCUT2D eigenvalue weighted by molar-refractivity contribution is 7.89. The first-order valence-electron chi connectivity index (χ1n) is 6.54. The number of nitrogen functional groups attached to an aromatic ring is 1. The van der Waals surface area contributed by atoms with Crippen LogP contribution in [0.5, 0.6) is 0 Å². The van der Waals surface area contributed by atoms with Crippen molar-refractivity contribution in [2.45, 2.75) is 31.2 Å². The van der Waals surface area contributed by atoms with Crippen molar-refractivity contribution in [3.8, 4) is 11.1 Å². The molecule has 112 valence electrons. The zero-order chi connectivity index (χ0) is 15.7. The van der Waals surface area contributed by atoms with Crippen LogP contribution in [0.1, 0.15) is 20.8 Å². The molecule has 2 aromatic rings. The second-order valence-electron chi connectivity index (χ2n) is 5.79. The van der Waals surface area contributed by atoms with E-state index in [2.05, 4.69) is 9.71 Å². The number of nitrogens with two attached hydrogens (primary N) is 1. The molecule has 0 radical (unpaired) electrons. The Balaban J connectivity index is 2.60. The summed E-state index contributed by atoms with van der Waals surface area (Å²) in [5.41, 5.74) is 6.45. The predicted octanol–water partition coefficient (Wildman–Crippen LogP) is 2.41. The lowest BCUT2D eigenvalue weighted by Gasteiger charge is -2.21. The molecule has 0 saturated carbocycles. The molecule has 0 amide bonds. The summed E-state index contributed by atoms with van der Waals surface area (Å²) in [5, 5.41) is 0. The molecule has 0 atom stereocenters. The maximum absolute atomic E-state index is 12.6. The number of benzene rings is 1. The number of nitrogens with one attached hydrogen (secondary N) is 1. The molecular weight excluding hydrogens is 286 g/mol. The molecule has 1 aromatic carbocycles. The Morgan fingerprint density at radius 3 is 2.29 bits per heavy atom. The minimum absolute atomic E-state index is 0.194. The van der Waals surface area contributed by atoms with Gasteiger partial charge in [-0.25, -0.2) is 18.1 Å². The van der Waals surface area contributed by atoms with E-state index in [4.69, 9.17) is 5.73 Å². The van der Waals surface area contributed by atoms with Crippen LogP contribution in [0.4, 0.5) is 5.82 Å². The molecule has 0 aliphatic heterocycles. The summed E-state index contributed by atoms with van der Waals surface area (Å²) in [5.74, 6) is 0.302. The van der Waals surface area contributed by atoms with Gasteiger partial charge in [-0.3, -0.25) is 0 Å². The first-order valence-corrected chi connectivity index (χ1v) is 8.03. The van der Waals surface area contributed by atoms with E-state index in [1.54, 1.807) is 63.4 Å². The van der Waals surface area contributed by atoms with Gasteiger partial charge in [-0.1, -0.05) is 18.2 Å². The van der Waals surface area contributed by atoms with E-state index in [0.717, 1.165) is 0 Å². The first-order chi connectivity index (χ1) is 9.71. The molecular formula is C15H19N3O2S. The smallest absolute Gasteiger partial charge is 0.241 e. The van der Waals surface area contributed by atoms with Crippen molar-refractivity contribution in [2.75, 3.05) is 5.73 Å². The highest BCUT2D eigenvalue weighted by atomic mass is 32.2. The van der Waals surface area contributed by atoms with Crippen LogP contribution < -0.4 is 10.5 Å². The number of aromatic nitrogens is 1. The SMILES string of the molecule is CC(C)(C)NS(=O)(=O)c1ccccc1-c1cccnc1N. The number of sulfonamides is 1. The average molecular weight is 305 g/mol. The number of hydrogen-bond donors (Lipinski definition) is 2. The van der Waals surface area contributed by atoms with Crippen molar-refractivity contribution in [1.29, 1.82) is 0 Å². The molecule has 0 aliphatic carbocycles. The van der Waals surface area contributed by atoms with Gasteiger partial charge in [-0.05, 0) is 39.0 Å². The van der Waals surface area contributed by atoms with Crippen LogP contribution in [-0.2, 0) is 10.0 Å². The van der Waals surface area contributed by atoms with E-state index in [1.165, 1.54) is 0 Å². The van der Waals surface area contributed by atoms with E-state index in [0.29, 0.717) is 16.9 Å². The minimum atomic E-state index is -3.65. The second kappa shape index (κ2) is 5.46. The Morgan fingerprint density at radius 1 is 1.05 bits per heavy atom. The Hall–Kier alpha value is -1.92. The molecule has 5 nitrogen and oxygen atoms in total. The van der Waals surface area contributed by atoms with E-state index >= 15 is 0 Å². The van der Waals surface area contributed by atoms with Crippen LogP contribution in [0.25, 0.3) is 11.1 Å². The van der Waals surface area contributed by atoms with Gasteiger partial charge in [-0.2, -0.15) is 0 Å². The summed E-state index contributed by atoms with van der Waals surface area (Å²) in [4.78, 5) is 4.21. The zero-order valence-corrected chi connectivity index (χ0v) is 13.1. The predicted molar refractivity (Wildman–Crippen MR) is 84.2 cm³/mol. The maximum Gasteiger partial charge on any atom is 0.241 e. The summed E-state index contributed by atoms with van der Waals surface area (Å²) >= 11 is 0. The standard InChI is InChI=1S/C15H19N3O2S/c1-15(2,3)18-21(19,20)13-9-5-4-7-11(13)12-8-6-10-17-14(12)16/h4-10,18H,1-3H3,(H2,16,17). The number of rotatable bonds is 3. The molecule has 1 heterocycles. The average Bonchev–Trinajstić information content (AvgIpc) is 2.36. The third-order valence-electron chi connectivity index (χ3n) is 2.75. The third kappa shape index (κ3) is 3.59. The van der Waals surface area contributed by atoms with E-state index in [1.807, 2.05) is 0 Å². The van der Waals surface area contributed by atoms with Gasteiger partial charge in [0.05, 0.1) is 4.90 Å². The number of anilines is 1. The molecule has 6 heteroatoms. The fourth-order valence-electron chi connectivity index (χ4n) is 2.03. The Kier molecular flexibility index (Phi) is 4.02. The highest BCUT2D eigenvalue weighted by Crippen LogP contribution is 2.30. The lowest BCUT2D eigenvalue weighted by molar-refractivity contribution is 0.491. The summed E-state index contributed by atoms with van der Waals surface area (Å²) in [6.45, 7) is 5.39. The van der Waals surface area contributed by atoms with Crippen LogP contribution in [-0.4, -0.2) is 18.9 Å². The van der Waals surface area contributed by atoms with Crippen LogP contribution in [0.2, 0.25) is 0 Å². The summed E-state index contributed by atoms with van der Waals surface area (Å²) in [7, 11) is -3.65. The Morgan fingerprint density at radius 2 is 1.67 bits per heavy atom. The van der Waals surface area contributed by atoms with Crippen molar-refractivity contribution >= 4 is 15.8 Å². The fraction of sp³-hybridized carbons (Fsp3) is 0.267. The molecule has 21 heavy (non-hydrogen) atoms. The second-order valence-corrected chi connectivity index (χ2v) is 7.44. The molecule has 2 rings (SSSR count). The van der Waals surface area contributed by atoms with E-state index in [-0.39, 0.29) is 4.90 Å². The van der Waals surface area contributed by atoms with Crippen molar-refractivity contribution < 1.29 is 8.42 Å². The number of hydrogen-bond acceptors (Lipinski definition) is 4. The van der Waals surface area contributed by atoms with E-state index < -0.39 is 15.6 Å². The van der Waals surface area contributed by atoms with Crippen molar-refractivity contribution in [3.05, 3.63) is 42.6 Å². The van der Waals surface area contributed by atoms with Gasteiger partial charge < -0.3 is 5.73 Å². The summed E-state index contributed by atoms with van der Waals surface area (Å²) < 4.78 is 27.8. The van der Waals surface area contributed by atoms with Crippen LogP contribution in [0.3, 0.4) is 0 Å². The van der Waals surface area contributed by atoms with Crippen molar-refractivity contribution in [2.24, 2.45) is 0 Å². The fourth-order valence-corrected chi connectivity index (χ4v) is 3.67. The Labute approximate surface area is 125 Å². The molecule has 0 fully saturated rings. The molecule has 1 aromatic heterocycles. The van der Waals surface area contributed by atoms with Gasteiger partial charge in [0, 0.05) is 22.9 Å². The number of pyridine rings is 1. The minimum Gasteiger partial charge on any atom is -0.383 e.